The molecule has 1 saturated heterocycles. The number of aryl methyl sites for hydroxylation is 1. The molecule has 8 heteroatoms. The summed E-state index contributed by atoms with van der Waals surface area (Å²) < 4.78 is 29.1. The number of sulfonamides is 1. The molecule has 0 spiro atoms. The highest BCUT2D eigenvalue weighted by atomic mass is 32.2. The lowest BCUT2D eigenvalue weighted by Crippen LogP contribution is -2.27. The van der Waals surface area contributed by atoms with E-state index >= 15 is 0 Å². The second-order valence-electron chi connectivity index (χ2n) is 7.51. The lowest BCUT2D eigenvalue weighted by molar-refractivity contribution is 0.477. The third kappa shape index (κ3) is 3.45. The highest BCUT2D eigenvalue weighted by Crippen LogP contribution is 2.27. The van der Waals surface area contributed by atoms with Gasteiger partial charge in [0.25, 0.3) is 0 Å². The van der Waals surface area contributed by atoms with Crippen molar-refractivity contribution in [3.8, 4) is 11.3 Å². The molecule has 30 heavy (non-hydrogen) atoms. The van der Waals surface area contributed by atoms with E-state index in [4.69, 9.17) is 9.97 Å². The van der Waals surface area contributed by atoms with E-state index in [0.29, 0.717) is 24.4 Å². The molecule has 0 atom stereocenters. The van der Waals surface area contributed by atoms with Crippen molar-refractivity contribution in [2.24, 2.45) is 7.05 Å². The summed E-state index contributed by atoms with van der Waals surface area (Å²) in [5, 5.41) is 3.00. The van der Waals surface area contributed by atoms with Gasteiger partial charge in [0.15, 0.2) is 0 Å². The number of para-hydroxylation sites is 2. The Morgan fingerprint density at radius 3 is 2.47 bits per heavy atom. The fraction of sp³-hybridized carbons (Fsp3) is 0.273. The van der Waals surface area contributed by atoms with Crippen LogP contribution in [0.1, 0.15) is 23.7 Å². The van der Waals surface area contributed by atoms with Gasteiger partial charge in [-0.05, 0) is 37.1 Å². The Hall–Kier alpha value is -2.55. The number of thiazole rings is 1. The molecule has 3 heterocycles. The van der Waals surface area contributed by atoms with Gasteiger partial charge in [0.05, 0.1) is 28.0 Å². The number of hydrogen-bond donors (Lipinski definition) is 0. The van der Waals surface area contributed by atoms with Crippen LogP contribution in [-0.4, -0.2) is 40.3 Å². The number of rotatable bonds is 5. The first-order valence-electron chi connectivity index (χ1n) is 9.98. The first-order chi connectivity index (χ1) is 14.5. The van der Waals surface area contributed by atoms with E-state index in [1.807, 2.05) is 42.8 Å². The van der Waals surface area contributed by atoms with E-state index in [0.717, 1.165) is 46.0 Å². The zero-order valence-electron chi connectivity index (χ0n) is 16.7. The SMILES string of the molecule is Cn1c(Cc2nc(-c3ccc(S(=O)(=O)N4CCCC4)cc3)cs2)nc2ccccc21. The van der Waals surface area contributed by atoms with E-state index in [9.17, 15) is 8.42 Å². The maximum atomic E-state index is 12.7. The molecule has 0 bridgehead atoms. The molecule has 1 aliphatic heterocycles. The Balaban J connectivity index is 1.37. The van der Waals surface area contributed by atoms with Crippen LogP contribution < -0.4 is 0 Å². The lowest BCUT2D eigenvalue weighted by atomic mass is 10.2. The average molecular weight is 439 g/mol. The fourth-order valence-electron chi connectivity index (χ4n) is 3.89. The molecule has 2 aromatic heterocycles. The summed E-state index contributed by atoms with van der Waals surface area (Å²) in [6.07, 6.45) is 2.53. The predicted octanol–water partition coefficient (Wildman–Crippen LogP) is 4.07. The number of nitrogens with zero attached hydrogens (tertiary/aromatic N) is 4. The molecular formula is C22H22N4O2S2. The average Bonchev–Trinajstić information content (AvgIpc) is 3.51. The number of imidazole rings is 1. The molecule has 1 fully saturated rings. The minimum Gasteiger partial charge on any atom is -0.331 e. The van der Waals surface area contributed by atoms with Crippen molar-refractivity contribution < 1.29 is 8.42 Å². The van der Waals surface area contributed by atoms with Crippen molar-refractivity contribution in [2.45, 2.75) is 24.2 Å². The van der Waals surface area contributed by atoms with Gasteiger partial charge < -0.3 is 4.57 Å². The number of fused-ring (bicyclic) bond motifs is 1. The number of aromatic nitrogens is 3. The summed E-state index contributed by atoms with van der Waals surface area (Å²) in [6, 6.07) is 15.2. The fourth-order valence-corrected chi connectivity index (χ4v) is 6.21. The van der Waals surface area contributed by atoms with Crippen molar-refractivity contribution in [3.63, 3.8) is 0 Å². The van der Waals surface area contributed by atoms with Crippen molar-refractivity contribution in [1.29, 1.82) is 0 Å². The molecule has 0 N–H and O–H groups in total. The summed E-state index contributed by atoms with van der Waals surface area (Å²) in [7, 11) is -1.36. The molecule has 0 amide bonds. The third-order valence-electron chi connectivity index (χ3n) is 5.59. The standard InChI is InChI=1S/C22H22N4O2S2/c1-25-20-7-3-2-6-18(20)23-21(25)14-22-24-19(15-29-22)16-8-10-17(11-9-16)30(27,28)26-12-4-5-13-26/h2-3,6-11,15H,4-5,12-14H2,1H3. The van der Waals surface area contributed by atoms with Crippen LogP contribution >= 0.6 is 11.3 Å². The predicted molar refractivity (Wildman–Crippen MR) is 119 cm³/mol. The molecule has 0 unspecified atom stereocenters. The maximum absolute atomic E-state index is 12.7. The van der Waals surface area contributed by atoms with Crippen LogP contribution in [0.2, 0.25) is 0 Å². The summed E-state index contributed by atoms with van der Waals surface area (Å²) in [4.78, 5) is 9.84. The monoisotopic (exact) mass is 438 g/mol. The van der Waals surface area contributed by atoms with Crippen molar-refractivity contribution in [3.05, 3.63) is 64.7 Å². The van der Waals surface area contributed by atoms with E-state index in [1.54, 1.807) is 27.8 Å². The molecule has 154 valence electrons. The molecular weight excluding hydrogens is 416 g/mol. The molecule has 4 aromatic rings. The van der Waals surface area contributed by atoms with E-state index in [-0.39, 0.29) is 0 Å². The first-order valence-corrected chi connectivity index (χ1v) is 12.3. The Labute approximate surface area is 179 Å². The van der Waals surface area contributed by atoms with Gasteiger partial charge in [-0.3, -0.25) is 0 Å². The lowest BCUT2D eigenvalue weighted by Gasteiger charge is -2.15. The van der Waals surface area contributed by atoms with E-state index < -0.39 is 10.0 Å². The van der Waals surface area contributed by atoms with Crippen LogP contribution in [0.15, 0.2) is 58.8 Å². The van der Waals surface area contributed by atoms with Gasteiger partial charge in [-0.2, -0.15) is 4.31 Å². The molecule has 5 rings (SSSR count). The third-order valence-corrected chi connectivity index (χ3v) is 8.36. The van der Waals surface area contributed by atoms with Gasteiger partial charge in [-0.15, -0.1) is 11.3 Å². The van der Waals surface area contributed by atoms with Crippen LogP contribution in [0, 0.1) is 0 Å². The maximum Gasteiger partial charge on any atom is 0.243 e. The molecule has 0 radical (unpaired) electrons. The summed E-state index contributed by atoms with van der Waals surface area (Å²) in [6.45, 7) is 1.23. The van der Waals surface area contributed by atoms with Crippen LogP contribution in [-0.2, 0) is 23.5 Å². The number of hydrogen-bond acceptors (Lipinski definition) is 5. The van der Waals surface area contributed by atoms with Gasteiger partial charge in [0.1, 0.15) is 10.8 Å². The minimum absolute atomic E-state index is 0.350. The Bertz CT molecular complexity index is 1300. The molecule has 1 aliphatic rings. The van der Waals surface area contributed by atoms with Crippen molar-refractivity contribution >= 4 is 32.4 Å². The van der Waals surface area contributed by atoms with Crippen LogP contribution in [0.25, 0.3) is 22.3 Å². The van der Waals surface area contributed by atoms with Crippen molar-refractivity contribution in [1.82, 2.24) is 18.8 Å². The molecule has 0 aliphatic carbocycles. The summed E-state index contributed by atoms with van der Waals surface area (Å²) in [5.74, 6) is 0.976. The highest BCUT2D eigenvalue weighted by molar-refractivity contribution is 7.89. The quantitative estimate of drug-likeness (QED) is 0.471. The van der Waals surface area contributed by atoms with Crippen molar-refractivity contribution in [2.75, 3.05) is 13.1 Å². The second kappa shape index (κ2) is 7.61. The zero-order chi connectivity index (χ0) is 20.7. The van der Waals surface area contributed by atoms with Crippen LogP contribution in [0.3, 0.4) is 0 Å². The molecule has 2 aromatic carbocycles. The van der Waals surface area contributed by atoms with Gasteiger partial charge in [0, 0.05) is 31.1 Å². The van der Waals surface area contributed by atoms with Gasteiger partial charge in [-0.25, -0.2) is 18.4 Å². The summed E-state index contributed by atoms with van der Waals surface area (Å²) in [5.41, 5.74) is 3.88. The van der Waals surface area contributed by atoms with Crippen LogP contribution in [0.5, 0.6) is 0 Å². The summed E-state index contributed by atoms with van der Waals surface area (Å²) >= 11 is 1.60. The number of benzene rings is 2. The van der Waals surface area contributed by atoms with Gasteiger partial charge >= 0.3 is 0 Å². The molecule has 6 nitrogen and oxygen atoms in total. The van der Waals surface area contributed by atoms with E-state index in [2.05, 4.69) is 10.6 Å². The second-order valence-corrected chi connectivity index (χ2v) is 10.4. The Kier molecular flexibility index (Phi) is 4.92. The smallest absolute Gasteiger partial charge is 0.243 e. The molecule has 0 saturated carbocycles. The Morgan fingerprint density at radius 2 is 1.73 bits per heavy atom. The largest absolute Gasteiger partial charge is 0.331 e. The van der Waals surface area contributed by atoms with Gasteiger partial charge in [-0.1, -0.05) is 24.3 Å². The van der Waals surface area contributed by atoms with Crippen LogP contribution in [0.4, 0.5) is 0 Å². The Morgan fingerprint density at radius 1 is 1.00 bits per heavy atom. The van der Waals surface area contributed by atoms with Gasteiger partial charge in [0.2, 0.25) is 10.0 Å². The minimum atomic E-state index is -3.39. The van der Waals surface area contributed by atoms with E-state index in [1.165, 1.54) is 0 Å². The normalized spacial score (nSPS) is 15.2. The first kappa shape index (κ1) is 19.4. The zero-order valence-corrected chi connectivity index (χ0v) is 18.3. The topological polar surface area (TPSA) is 68.1 Å². The highest BCUT2D eigenvalue weighted by Gasteiger charge is 2.27.